The highest BCUT2D eigenvalue weighted by molar-refractivity contribution is 9.10. The molecule has 1 unspecified atom stereocenters. The van der Waals surface area contributed by atoms with Gasteiger partial charge in [-0.25, -0.2) is 4.79 Å². The number of ketones is 1. The van der Waals surface area contributed by atoms with E-state index in [1.165, 1.54) is 0 Å². The molecule has 0 aliphatic heterocycles. The molecule has 0 saturated heterocycles. The van der Waals surface area contributed by atoms with Gasteiger partial charge in [-0.1, -0.05) is 58.4 Å². The molecule has 1 atom stereocenters. The van der Waals surface area contributed by atoms with Gasteiger partial charge in [0.15, 0.2) is 5.78 Å². The second-order valence-electron chi connectivity index (χ2n) is 6.54. The number of ether oxygens (including phenoxy) is 1. The lowest BCUT2D eigenvalue weighted by Crippen LogP contribution is -2.16. The van der Waals surface area contributed by atoms with E-state index in [1.54, 1.807) is 19.1 Å². The molecule has 0 bridgehead atoms. The molecule has 0 fully saturated rings. The molecule has 3 aromatic rings. The third-order valence-electron chi connectivity index (χ3n) is 4.49. The largest absolute Gasteiger partial charge is 0.462 e. The van der Waals surface area contributed by atoms with Crippen molar-refractivity contribution in [3.63, 3.8) is 0 Å². The normalized spacial score (nSPS) is 11.5. The lowest BCUT2D eigenvalue weighted by molar-refractivity contribution is 0.0526. The number of esters is 1. The molecular formula is C24H22BrNO3. The number of hydrogen-bond donors (Lipinski definition) is 1. The molecule has 148 valence electrons. The van der Waals surface area contributed by atoms with Gasteiger partial charge in [0.1, 0.15) is 0 Å². The first-order chi connectivity index (χ1) is 14.1. The van der Waals surface area contributed by atoms with Crippen LogP contribution >= 0.6 is 15.9 Å². The van der Waals surface area contributed by atoms with Gasteiger partial charge in [0.2, 0.25) is 0 Å². The van der Waals surface area contributed by atoms with E-state index in [0.29, 0.717) is 24.2 Å². The van der Waals surface area contributed by atoms with Crippen LogP contribution in [0.4, 0.5) is 5.69 Å². The maximum atomic E-state index is 12.8. The molecule has 0 amide bonds. The lowest BCUT2D eigenvalue weighted by Gasteiger charge is -2.20. The van der Waals surface area contributed by atoms with Crippen molar-refractivity contribution in [1.82, 2.24) is 0 Å². The average Bonchev–Trinajstić information content (AvgIpc) is 2.75. The van der Waals surface area contributed by atoms with E-state index in [2.05, 4.69) is 21.2 Å². The monoisotopic (exact) mass is 451 g/mol. The fourth-order valence-electron chi connectivity index (χ4n) is 2.99. The summed E-state index contributed by atoms with van der Waals surface area (Å²) in [6.07, 6.45) is 0.311. The van der Waals surface area contributed by atoms with Gasteiger partial charge in [0.25, 0.3) is 0 Å². The molecule has 0 radical (unpaired) electrons. The van der Waals surface area contributed by atoms with Crippen molar-refractivity contribution < 1.29 is 14.3 Å². The Morgan fingerprint density at radius 1 is 0.897 bits per heavy atom. The third kappa shape index (κ3) is 5.78. The van der Waals surface area contributed by atoms with Gasteiger partial charge in [-0.15, -0.1) is 0 Å². The number of carbonyl (C=O) groups is 2. The summed E-state index contributed by atoms with van der Waals surface area (Å²) in [4.78, 5) is 24.6. The van der Waals surface area contributed by atoms with Gasteiger partial charge in [0, 0.05) is 22.1 Å². The van der Waals surface area contributed by atoms with Crippen LogP contribution in [0.3, 0.4) is 0 Å². The topological polar surface area (TPSA) is 55.4 Å². The Balaban J connectivity index is 1.80. The minimum atomic E-state index is -0.345. The minimum absolute atomic E-state index is 0.0640. The first-order valence-corrected chi connectivity index (χ1v) is 10.2. The summed E-state index contributed by atoms with van der Waals surface area (Å²) in [5.74, 6) is -0.281. The summed E-state index contributed by atoms with van der Waals surface area (Å²) >= 11 is 3.45. The highest BCUT2D eigenvalue weighted by atomic mass is 79.9. The molecule has 0 aliphatic rings. The van der Waals surface area contributed by atoms with Crippen LogP contribution in [0.15, 0.2) is 83.3 Å². The van der Waals surface area contributed by atoms with Crippen molar-refractivity contribution in [1.29, 1.82) is 0 Å². The molecule has 29 heavy (non-hydrogen) atoms. The van der Waals surface area contributed by atoms with Crippen LogP contribution in [0.1, 0.15) is 45.7 Å². The Kier molecular flexibility index (Phi) is 7.19. The van der Waals surface area contributed by atoms with Crippen LogP contribution in [0.5, 0.6) is 0 Å². The number of rotatable bonds is 8. The number of carbonyl (C=O) groups excluding carboxylic acids is 2. The van der Waals surface area contributed by atoms with Crippen molar-refractivity contribution in [2.75, 3.05) is 11.9 Å². The number of anilines is 1. The van der Waals surface area contributed by atoms with Gasteiger partial charge < -0.3 is 10.1 Å². The second-order valence-corrected chi connectivity index (χ2v) is 7.46. The van der Waals surface area contributed by atoms with Crippen molar-refractivity contribution in [2.24, 2.45) is 0 Å². The number of nitrogens with one attached hydrogen (secondary N) is 1. The van der Waals surface area contributed by atoms with Crippen molar-refractivity contribution in [2.45, 2.75) is 19.4 Å². The molecule has 4 nitrogen and oxygen atoms in total. The van der Waals surface area contributed by atoms with E-state index >= 15 is 0 Å². The molecule has 0 heterocycles. The Labute approximate surface area is 179 Å². The molecule has 0 spiro atoms. The van der Waals surface area contributed by atoms with E-state index in [4.69, 9.17) is 4.74 Å². The minimum Gasteiger partial charge on any atom is -0.462 e. The smallest absolute Gasteiger partial charge is 0.338 e. The van der Waals surface area contributed by atoms with Crippen LogP contribution in [0.25, 0.3) is 0 Å². The Morgan fingerprint density at radius 2 is 1.55 bits per heavy atom. The van der Waals surface area contributed by atoms with E-state index < -0.39 is 0 Å². The quantitative estimate of drug-likeness (QED) is 0.334. The highest BCUT2D eigenvalue weighted by Crippen LogP contribution is 2.26. The predicted octanol–water partition coefficient (Wildman–Crippen LogP) is 6.05. The van der Waals surface area contributed by atoms with E-state index in [1.807, 2.05) is 66.7 Å². The number of benzene rings is 3. The molecule has 0 aromatic heterocycles. The SMILES string of the molecule is CCOC(=O)c1ccc(NC(CC(=O)c2ccccc2)c2ccc(Br)cc2)cc1. The summed E-state index contributed by atoms with van der Waals surface area (Å²) in [7, 11) is 0. The van der Waals surface area contributed by atoms with Crippen LogP contribution in [-0.4, -0.2) is 18.4 Å². The molecule has 3 rings (SSSR count). The Hall–Kier alpha value is -2.92. The predicted molar refractivity (Wildman–Crippen MR) is 118 cm³/mol. The zero-order chi connectivity index (χ0) is 20.6. The highest BCUT2D eigenvalue weighted by Gasteiger charge is 2.18. The zero-order valence-electron chi connectivity index (χ0n) is 16.1. The van der Waals surface area contributed by atoms with Gasteiger partial charge in [-0.2, -0.15) is 0 Å². The summed E-state index contributed by atoms with van der Waals surface area (Å²) < 4.78 is 6.00. The number of hydrogen-bond acceptors (Lipinski definition) is 4. The maximum Gasteiger partial charge on any atom is 0.338 e. The van der Waals surface area contributed by atoms with Gasteiger partial charge in [0.05, 0.1) is 18.2 Å². The fourth-order valence-corrected chi connectivity index (χ4v) is 3.26. The van der Waals surface area contributed by atoms with Crippen LogP contribution in [0, 0.1) is 0 Å². The summed E-state index contributed by atoms with van der Waals surface area (Å²) in [6, 6.07) is 24.1. The molecule has 5 heteroatoms. The van der Waals surface area contributed by atoms with E-state index in [9.17, 15) is 9.59 Å². The Bertz CT molecular complexity index is 954. The third-order valence-corrected chi connectivity index (χ3v) is 5.02. The first kappa shape index (κ1) is 20.8. The van der Waals surface area contributed by atoms with Crippen molar-refractivity contribution in [3.8, 4) is 0 Å². The van der Waals surface area contributed by atoms with Crippen LogP contribution in [-0.2, 0) is 4.74 Å². The van der Waals surface area contributed by atoms with Gasteiger partial charge in [-0.05, 0) is 48.9 Å². The molecule has 0 aliphatic carbocycles. The zero-order valence-corrected chi connectivity index (χ0v) is 17.7. The number of Topliss-reactive ketones (excluding diaryl/α,β-unsaturated/α-hetero) is 1. The van der Waals surface area contributed by atoms with Crippen molar-refractivity contribution >= 4 is 33.4 Å². The van der Waals surface area contributed by atoms with Gasteiger partial charge in [-0.3, -0.25) is 4.79 Å². The fraction of sp³-hybridized carbons (Fsp3) is 0.167. The van der Waals surface area contributed by atoms with E-state index in [0.717, 1.165) is 15.7 Å². The summed E-state index contributed by atoms with van der Waals surface area (Å²) in [5.41, 5.74) is 3.02. The van der Waals surface area contributed by atoms with E-state index in [-0.39, 0.29) is 17.8 Å². The molecule has 3 aromatic carbocycles. The average molecular weight is 452 g/mol. The van der Waals surface area contributed by atoms with Gasteiger partial charge >= 0.3 is 5.97 Å². The molecule has 0 saturated carbocycles. The standard InChI is InChI=1S/C24H22BrNO3/c1-2-29-24(28)19-10-14-21(15-11-19)26-22(17-8-12-20(25)13-9-17)16-23(27)18-6-4-3-5-7-18/h3-15,22,26H,2,16H2,1H3. The Morgan fingerprint density at radius 3 is 2.17 bits per heavy atom. The van der Waals surface area contributed by atoms with Crippen LogP contribution < -0.4 is 5.32 Å². The lowest BCUT2D eigenvalue weighted by atomic mass is 9.97. The maximum absolute atomic E-state index is 12.8. The first-order valence-electron chi connectivity index (χ1n) is 9.44. The van der Waals surface area contributed by atoms with Crippen molar-refractivity contribution in [3.05, 3.63) is 100 Å². The van der Waals surface area contributed by atoms with Crippen LogP contribution in [0.2, 0.25) is 0 Å². The molecule has 1 N–H and O–H groups in total. The summed E-state index contributed by atoms with van der Waals surface area (Å²) in [6.45, 7) is 2.12. The summed E-state index contributed by atoms with van der Waals surface area (Å²) in [5, 5.41) is 3.43. The molecular weight excluding hydrogens is 430 g/mol. The second kappa shape index (κ2) is 10.0. The number of halogens is 1.